The van der Waals surface area contributed by atoms with Crippen LogP contribution in [-0.2, 0) is 12.8 Å². The van der Waals surface area contributed by atoms with E-state index in [9.17, 15) is 4.39 Å². The van der Waals surface area contributed by atoms with Crippen molar-refractivity contribution in [3.63, 3.8) is 0 Å². The third-order valence-electron chi connectivity index (χ3n) is 2.54. The number of halogens is 1. The van der Waals surface area contributed by atoms with Gasteiger partial charge in [0.1, 0.15) is 11.6 Å². The van der Waals surface area contributed by atoms with Gasteiger partial charge < -0.3 is 11.5 Å². The monoisotopic (exact) mass is 232 g/mol. The molecule has 1 aromatic heterocycles. The fourth-order valence-electron chi connectivity index (χ4n) is 1.60. The first kappa shape index (κ1) is 11.3. The van der Waals surface area contributed by atoms with Crippen LogP contribution in [0.25, 0.3) is 0 Å². The summed E-state index contributed by atoms with van der Waals surface area (Å²) in [5, 5.41) is 0. The van der Waals surface area contributed by atoms with E-state index in [1.165, 1.54) is 6.07 Å². The summed E-state index contributed by atoms with van der Waals surface area (Å²) in [6, 6.07) is 6.67. The number of benzene rings is 1. The van der Waals surface area contributed by atoms with Crippen LogP contribution < -0.4 is 11.5 Å². The van der Waals surface area contributed by atoms with Gasteiger partial charge in [-0.05, 0) is 24.5 Å². The highest BCUT2D eigenvalue weighted by Crippen LogP contribution is 2.14. The van der Waals surface area contributed by atoms with E-state index in [2.05, 4.69) is 9.97 Å². The summed E-state index contributed by atoms with van der Waals surface area (Å²) in [5.74, 6) is 0.299. The number of hydrogen-bond acceptors (Lipinski definition) is 4. The number of nitrogens with two attached hydrogens (primary N) is 2. The molecule has 1 aromatic carbocycles. The number of aryl methyl sites for hydroxylation is 2. The van der Waals surface area contributed by atoms with Gasteiger partial charge in [0, 0.05) is 11.8 Å². The van der Waals surface area contributed by atoms with Crippen LogP contribution in [0.5, 0.6) is 0 Å². The van der Waals surface area contributed by atoms with E-state index in [-0.39, 0.29) is 11.8 Å². The molecule has 0 fully saturated rings. The average Bonchev–Trinajstić information content (AvgIpc) is 2.30. The van der Waals surface area contributed by atoms with E-state index in [4.69, 9.17) is 11.5 Å². The lowest BCUT2D eigenvalue weighted by molar-refractivity contribution is 0.608. The first-order valence-corrected chi connectivity index (χ1v) is 5.27. The first-order valence-electron chi connectivity index (χ1n) is 5.27. The number of hydrogen-bond donors (Lipinski definition) is 2. The van der Waals surface area contributed by atoms with E-state index in [1.807, 2.05) is 0 Å². The zero-order valence-electron chi connectivity index (χ0n) is 9.23. The molecular formula is C12H13FN4. The van der Waals surface area contributed by atoms with E-state index < -0.39 is 0 Å². The Labute approximate surface area is 98.5 Å². The van der Waals surface area contributed by atoms with E-state index in [1.54, 1.807) is 24.4 Å². The predicted octanol–water partition coefficient (Wildman–Crippen LogP) is 1.57. The molecule has 4 N–H and O–H groups in total. The minimum atomic E-state index is -0.206. The molecule has 0 saturated carbocycles. The molecule has 0 bridgehead atoms. The maximum atomic E-state index is 13.4. The summed E-state index contributed by atoms with van der Waals surface area (Å²) < 4.78 is 13.4. The molecule has 4 nitrogen and oxygen atoms in total. The lowest BCUT2D eigenvalue weighted by atomic mass is 10.1. The molecule has 0 unspecified atom stereocenters. The quantitative estimate of drug-likeness (QED) is 0.841. The molecule has 0 amide bonds. The SMILES string of the molecule is Nc1ncc(CCc2ccccc2F)c(N)n1. The number of aromatic nitrogens is 2. The van der Waals surface area contributed by atoms with Crippen molar-refractivity contribution >= 4 is 11.8 Å². The minimum absolute atomic E-state index is 0.150. The summed E-state index contributed by atoms with van der Waals surface area (Å²) in [6.07, 6.45) is 2.73. The molecule has 2 aromatic rings. The molecule has 2 rings (SSSR count). The summed E-state index contributed by atoms with van der Waals surface area (Å²) in [4.78, 5) is 7.73. The standard InChI is InChI=1S/C12H13FN4/c13-10-4-2-1-3-8(10)5-6-9-7-16-12(15)17-11(9)14/h1-4,7H,5-6H2,(H4,14,15,16,17). The Morgan fingerprint density at radius 3 is 2.47 bits per heavy atom. The van der Waals surface area contributed by atoms with E-state index >= 15 is 0 Å². The second-order valence-corrected chi connectivity index (χ2v) is 3.73. The molecule has 5 heteroatoms. The maximum absolute atomic E-state index is 13.4. The molecule has 0 aliphatic rings. The highest BCUT2D eigenvalue weighted by atomic mass is 19.1. The second kappa shape index (κ2) is 4.78. The molecule has 0 atom stereocenters. The molecule has 0 aliphatic carbocycles. The van der Waals surface area contributed by atoms with Crippen molar-refractivity contribution in [3.05, 3.63) is 47.4 Å². The Hall–Kier alpha value is -2.17. The van der Waals surface area contributed by atoms with Gasteiger partial charge in [-0.2, -0.15) is 4.98 Å². The maximum Gasteiger partial charge on any atom is 0.221 e. The third-order valence-corrected chi connectivity index (χ3v) is 2.54. The highest BCUT2D eigenvalue weighted by molar-refractivity contribution is 5.41. The zero-order chi connectivity index (χ0) is 12.3. The molecule has 88 valence electrons. The smallest absolute Gasteiger partial charge is 0.221 e. The van der Waals surface area contributed by atoms with E-state index in [0.717, 1.165) is 5.56 Å². The van der Waals surface area contributed by atoms with Crippen molar-refractivity contribution in [3.8, 4) is 0 Å². The van der Waals surface area contributed by atoms with Crippen LogP contribution in [0.1, 0.15) is 11.1 Å². The third kappa shape index (κ3) is 2.69. The molecule has 17 heavy (non-hydrogen) atoms. The van der Waals surface area contributed by atoms with Crippen molar-refractivity contribution in [2.75, 3.05) is 11.5 Å². The predicted molar refractivity (Wildman–Crippen MR) is 64.7 cm³/mol. The summed E-state index contributed by atoms with van der Waals surface area (Å²) in [6.45, 7) is 0. The summed E-state index contributed by atoms with van der Waals surface area (Å²) in [5.41, 5.74) is 12.5. The molecular weight excluding hydrogens is 219 g/mol. The van der Waals surface area contributed by atoms with Gasteiger partial charge in [0.15, 0.2) is 0 Å². The Morgan fingerprint density at radius 1 is 1.06 bits per heavy atom. The Balaban J connectivity index is 2.10. The van der Waals surface area contributed by atoms with Gasteiger partial charge in [-0.3, -0.25) is 0 Å². The topological polar surface area (TPSA) is 77.8 Å². The Morgan fingerprint density at radius 2 is 1.76 bits per heavy atom. The molecule has 0 aliphatic heterocycles. The molecule has 1 heterocycles. The zero-order valence-corrected chi connectivity index (χ0v) is 9.23. The van der Waals surface area contributed by atoms with E-state index in [0.29, 0.717) is 24.2 Å². The van der Waals surface area contributed by atoms with Gasteiger partial charge in [-0.1, -0.05) is 18.2 Å². The van der Waals surface area contributed by atoms with Gasteiger partial charge in [-0.25, -0.2) is 9.37 Å². The van der Waals surface area contributed by atoms with Crippen LogP contribution in [0.2, 0.25) is 0 Å². The molecule has 0 radical (unpaired) electrons. The fourth-order valence-corrected chi connectivity index (χ4v) is 1.60. The fraction of sp³-hybridized carbons (Fsp3) is 0.167. The van der Waals surface area contributed by atoms with Crippen LogP contribution in [0, 0.1) is 5.82 Å². The highest BCUT2D eigenvalue weighted by Gasteiger charge is 2.05. The Kier molecular flexibility index (Phi) is 3.18. The summed E-state index contributed by atoms with van der Waals surface area (Å²) in [7, 11) is 0. The van der Waals surface area contributed by atoms with Gasteiger partial charge in [0.2, 0.25) is 5.95 Å². The van der Waals surface area contributed by atoms with Crippen LogP contribution in [0.4, 0.5) is 16.2 Å². The van der Waals surface area contributed by atoms with Gasteiger partial charge in [0.25, 0.3) is 0 Å². The first-order chi connectivity index (χ1) is 8.16. The van der Waals surface area contributed by atoms with Crippen molar-refractivity contribution in [1.29, 1.82) is 0 Å². The van der Waals surface area contributed by atoms with Gasteiger partial charge >= 0.3 is 0 Å². The van der Waals surface area contributed by atoms with Crippen LogP contribution in [0.15, 0.2) is 30.5 Å². The number of rotatable bonds is 3. The number of nitrogen functional groups attached to an aromatic ring is 2. The van der Waals surface area contributed by atoms with Crippen molar-refractivity contribution in [1.82, 2.24) is 9.97 Å². The molecule has 0 saturated heterocycles. The van der Waals surface area contributed by atoms with Crippen LogP contribution in [0.3, 0.4) is 0 Å². The van der Waals surface area contributed by atoms with Crippen molar-refractivity contribution in [2.24, 2.45) is 0 Å². The van der Waals surface area contributed by atoms with Gasteiger partial charge in [-0.15, -0.1) is 0 Å². The molecule has 0 spiro atoms. The average molecular weight is 232 g/mol. The minimum Gasteiger partial charge on any atom is -0.383 e. The summed E-state index contributed by atoms with van der Waals surface area (Å²) >= 11 is 0. The Bertz CT molecular complexity index is 528. The lowest BCUT2D eigenvalue weighted by Crippen LogP contribution is -2.05. The van der Waals surface area contributed by atoms with Crippen LogP contribution in [-0.4, -0.2) is 9.97 Å². The van der Waals surface area contributed by atoms with Gasteiger partial charge in [0.05, 0.1) is 0 Å². The number of anilines is 2. The number of nitrogens with zero attached hydrogens (tertiary/aromatic N) is 2. The second-order valence-electron chi connectivity index (χ2n) is 3.73. The largest absolute Gasteiger partial charge is 0.383 e. The van der Waals surface area contributed by atoms with Crippen molar-refractivity contribution in [2.45, 2.75) is 12.8 Å². The lowest BCUT2D eigenvalue weighted by Gasteiger charge is -2.05. The normalized spacial score (nSPS) is 10.4. The van der Waals surface area contributed by atoms with Crippen LogP contribution >= 0.6 is 0 Å². The van der Waals surface area contributed by atoms with Crippen molar-refractivity contribution < 1.29 is 4.39 Å².